The molecule has 2 aromatic rings. The Bertz CT molecular complexity index is 629. The van der Waals surface area contributed by atoms with Gasteiger partial charge in [0.2, 0.25) is 0 Å². The number of epoxide rings is 1. The van der Waals surface area contributed by atoms with Crippen LogP contribution in [0.3, 0.4) is 0 Å². The summed E-state index contributed by atoms with van der Waals surface area (Å²) >= 11 is 0. The maximum Gasteiger partial charge on any atom is 0.255 e. The molecule has 3 rings (SSSR count). The highest BCUT2D eigenvalue weighted by Gasteiger charge is 2.48. The Balaban J connectivity index is 1.70. The van der Waals surface area contributed by atoms with Gasteiger partial charge in [-0.1, -0.05) is 60.7 Å². The molecule has 0 aromatic heterocycles. The number of rotatable bonds is 5. The SMILES string of the molecule is CN(C(=O)C1OC1c1ccccc1)[C@@H](CO)c1ccccc1. The van der Waals surface area contributed by atoms with Gasteiger partial charge in [-0.2, -0.15) is 0 Å². The van der Waals surface area contributed by atoms with Crippen LogP contribution in [-0.2, 0) is 9.53 Å². The standard InChI is InChI=1S/C18H19NO3/c1-19(15(12-20)13-8-4-2-5-9-13)18(21)17-16(22-17)14-10-6-3-7-11-14/h2-11,15-17,20H,12H2,1H3/t15-,16?,17?/m0/s1. The molecule has 22 heavy (non-hydrogen) atoms. The van der Waals surface area contributed by atoms with E-state index in [-0.39, 0.29) is 24.7 Å². The molecule has 1 heterocycles. The van der Waals surface area contributed by atoms with E-state index in [4.69, 9.17) is 4.74 Å². The predicted octanol–water partition coefficient (Wildman–Crippen LogP) is 2.32. The Morgan fingerprint density at radius 2 is 1.73 bits per heavy atom. The lowest BCUT2D eigenvalue weighted by Crippen LogP contribution is -2.36. The van der Waals surface area contributed by atoms with Crippen LogP contribution in [0.4, 0.5) is 0 Å². The van der Waals surface area contributed by atoms with Crippen LogP contribution >= 0.6 is 0 Å². The van der Waals surface area contributed by atoms with Crippen molar-refractivity contribution >= 4 is 5.91 Å². The van der Waals surface area contributed by atoms with Crippen LogP contribution in [-0.4, -0.2) is 35.7 Å². The molecular formula is C18H19NO3. The van der Waals surface area contributed by atoms with Crippen LogP contribution < -0.4 is 0 Å². The number of hydrogen-bond acceptors (Lipinski definition) is 3. The van der Waals surface area contributed by atoms with Gasteiger partial charge in [-0.15, -0.1) is 0 Å². The number of nitrogens with zero attached hydrogens (tertiary/aromatic N) is 1. The molecule has 2 aromatic carbocycles. The zero-order chi connectivity index (χ0) is 15.5. The number of hydrogen-bond donors (Lipinski definition) is 1. The topological polar surface area (TPSA) is 53.1 Å². The molecule has 1 amide bonds. The highest BCUT2D eigenvalue weighted by atomic mass is 16.6. The van der Waals surface area contributed by atoms with Gasteiger partial charge in [0.1, 0.15) is 6.10 Å². The second-order valence-corrected chi connectivity index (χ2v) is 5.45. The predicted molar refractivity (Wildman–Crippen MR) is 83.1 cm³/mol. The molecule has 114 valence electrons. The number of ether oxygens (including phenoxy) is 1. The Morgan fingerprint density at radius 3 is 2.32 bits per heavy atom. The number of amides is 1. The van der Waals surface area contributed by atoms with Crippen molar-refractivity contribution in [3.63, 3.8) is 0 Å². The largest absolute Gasteiger partial charge is 0.394 e. The monoisotopic (exact) mass is 297 g/mol. The van der Waals surface area contributed by atoms with Crippen LogP contribution in [0.25, 0.3) is 0 Å². The van der Waals surface area contributed by atoms with Gasteiger partial charge >= 0.3 is 0 Å². The lowest BCUT2D eigenvalue weighted by molar-refractivity contribution is -0.134. The first-order chi connectivity index (χ1) is 10.7. The van der Waals surface area contributed by atoms with E-state index >= 15 is 0 Å². The summed E-state index contributed by atoms with van der Waals surface area (Å²) in [4.78, 5) is 14.1. The fourth-order valence-corrected chi connectivity index (χ4v) is 2.68. The van der Waals surface area contributed by atoms with Gasteiger partial charge in [-0.25, -0.2) is 0 Å². The van der Waals surface area contributed by atoms with Gasteiger partial charge in [-0.3, -0.25) is 4.79 Å². The van der Waals surface area contributed by atoms with E-state index in [1.54, 1.807) is 11.9 Å². The third kappa shape index (κ3) is 2.89. The third-order valence-corrected chi connectivity index (χ3v) is 4.04. The highest BCUT2D eigenvalue weighted by Crippen LogP contribution is 2.40. The quantitative estimate of drug-likeness (QED) is 0.862. The van der Waals surface area contributed by atoms with Crippen LogP contribution in [0, 0.1) is 0 Å². The Morgan fingerprint density at radius 1 is 1.14 bits per heavy atom. The first kappa shape index (κ1) is 14.8. The van der Waals surface area contributed by atoms with Gasteiger partial charge < -0.3 is 14.7 Å². The van der Waals surface area contributed by atoms with E-state index in [0.29, 0.717) is 0 Å². The molecule has 2 unspecified atom stereocenters. The zero-order valence-corrected chi connectivity index (χ0v) is 12.4. The molecule has 0 bridgehead atoms. The average Bonchev–Trinajstić information content (AvgIpc) is 3.37. The van der Waals surface area contributed by atoms with E-state index in [0.717, 1.165) is 11.1 Å². The molecule has 4 nitrogen and oxygen atoms in total. The second-order valence-electron chi connectivity index (χ2n) is 5.45. The maximum atomic E-state index is 12.6. The van der Waals surface area contributed by atoms with Gasteiger partial charge in [0.05, 0.1) is 12.6 Å². The van der Waals surface area contributed by atoms with Crippen molar-refractivity contribution in [3.8, 4) is 0 Å². The van der Waals surface area contributed by atoms with E-state index in [1.807, 2.05) is 60.7 Å². The van der Waals surface area contributed by atoms with E-state index in [1.165, 1.54) is 0 Å². The number of carbonyl (C=O) groups excluding carboxylic acids is 1. The average molecular weight is 297 g/mol. The maximum absolute atomic E-state index is 12.6. The minimum absolute atomic E-state index is 0.100. The summed E-state index contributed by atoms with van der Waals surface area (Å²) in [6.07, 6.45) is -0.628. The summed E-state index contributed by atoms with van der Waals surface area (Å²) < 4.78 is 5.54. The molecule has 0 aliphatic carbocycles. The minimum Gasteiger partial charge on any atom is -0.394 e. The first-order valence-electron chi connectivity index (χ1n) is 7.35. The van der Waals surface area contributed by atoms with Crippen LogP contribution in [0.5, 0.6) is 0 Å². The molecule has 1 N–H and O–H groups in total. The molecule has 0 saturated carbocycles. The van der Waals surface area contributed by atoms with Crippen molar-refractivity contribution in [2.45, 2.75) is 18.2 Å². The Hall–Kier alpha value is -2.17. The first-order valence-corrected chi connectivity index (χ1v) is 7.35. The summed E-state index contributed by atoms with van der Waals surface area (Å²) in [5, 5.41) is 9.65. The van der Waals surface area contributed by atoms with Gasteiger partial charge in [0.25, 0.3) is 5.91 Å². The fourth-order valence-electron chi connectivity index (χ4n) is 2.68. The molecule has 0 radical (unpaired) electrons. The van der Waals surface area contributed by atoms with Gasteiger partial charge in [-0.05, 0) is 11.1 Å². The smallest absolute Gasteiger partial charge is 0.255 e. The van der Waals surface area contributed by atoms with Crippen molar-refractivity contribution < 1.29 is 14.6 Å². The Kier molecular flexibility index (Phi) is 4.22. The number of aliphatic hydroxyl groups is 1. The zero-order valence-electron chi connectivity index (χ0n) is 12.4. The number of aliphatic hydroxyl groups excluding tert-OH is 1. The summed E-state index contributed by atoms with van der Waals surface area (Å²) in [5.74, 6) is -0.100. The summed E-state index contributed by atoms with van der Waals surface area (Å²) in [7, 11) is 1.71. The van der Waals surface area contributed by atoms with Crippen molar-refractivity contribution in [1.29, 1.82) is 0 Å². The number of carbonyl (C=O) groups is 1. The molecule has 1 aliphatic rings. The fraction of sp³-hybridized carbons (Fsp3) is 0.278. The molecule has 1 saturated heterocycles. The third-order valence-electron chi connectivity index (χ3n) is 4.04. The van der Waals surface area contributed by atoms with Crippen molar-refractivity contribution in [1.82, 2.24) is 4.90 Å². The molecule has 4 heteroatoms. The second kappa shape index (κ2) is 6.30. The van der Waals surface area contributed by atoms with E-state index < -0.39 is 6.10 Å². The molecule has 0 spiro atoms. The van der Waals surface area contributed by atoms with Crippen molar-refractivity contribution in [3.05, 3.63) is 71.8 Å². The normalized spacial score (nSPS) is 21.2. The van der Waals surface area contributed by atoms with Gasteiger partial charge in [0.15, 0.2) is 6.10 Å². The Labute approximate surface area is 130 Å². The molecule has 1 fully saturated rings. The van der Waals surface area contributed by atoms with E-state index in [9.17, 15) is 9.90 Å². The van der Waals surface area contributed by atoms with Crippen molar-refractivity contribution in [2.75, 3.05) is 13.7 Å². The van der Waals surface area contributed by atoms with Crippen LogP contribution in [0.1, 0.15) is 23.3 Å². The molecule has 3 atom stereocenters. The van der Waals surface area contributed by atoms with E-state index in [2.05, 4.69) is 0 Å². The highest BCUT2D eigenvalue weighted by molar-refractivity contribution is 5.84. The summed E-state index contributed by atoms with van der Waals surface area (Å²) in [6, 6.07) is 18.9. The minimum atomic E-state index is -0.454. The molecule has 1 aliphatic heterocycles. The lowest BCUT2D eigenvalue weighted by Gasteiger charge is -2.26. The molecular weight excluding hydrogens is 278 g/mol. The van der Waals surface area contributed by atoms with Crippen molar-refractivity contribution in [2.24, 2.45) is 0 Å². The lowest BCUT2D eigenvalue weighted by atomic mass is 10.0. The van der Waals surface area contributed by atoms with Crippen LogP contribution in [0.2, 0.25) is 0 Å². The summed E-state index contributed by atoms with van der Waals surface area (Å²) in [5.41, 5.74) is 1.92. The summed E-state index contributed by atoms with van der Waals surface area (Å²) in [6.45, 7) is -0.116. The number of benzene rings is 2. The van der Waals surface area contributed by atoms with Crippen LogP contribution in [0.15, 0.2) is 60.7 Å². The van der Waals surface area contributed by atoms with Gasteiger partial charge in [0, 0.05) is 7.05 Å². The number of likely N-dealkylation sites (N-methyl/N-ethyl adjacent to an activating group) is 1.